The van der Waals surface area contributed by atoms with Gasteiger partial charge in [-0.2, -0.15) is 0 Å². The van der Waals surface area contributed by atoms with Gasteiger partial charge in [-0.05, 0) is 43.7 Å². The van der Waals surface area contributed by atoms with Gasteiger partial charge in [0, 0.05) is 12.4 Å². The molecule has 0 fully saturated rings. The number of imidazole rings is 1. The van der Waals surface area contributed by atoms with Gasteiger partial charge < -0.3 is 4.57 Å². The van der Waals surface area contributed by atoms with Crippen LogP contribution in [-0.4, -0.2) is 14.5 Å². The minimum Gasteiger partial charge on any atom is -0.318 e. The molecular formula is C16H15Cl2N3. The van der Waals surface area contributed by atoms with Crippen molar-refractivity contribution in [2.75, 3.05) is 0 Å². The molecule has 1 aromatic carbocycles. The molecule has 0 aliphatic heterocycles. The van der Waals surface area contributed by atoms with Crippen LogP contribution in [0.3, 0.4) is 0 Å². The van der Waals surface area contributed by atoms with Gasteiger partial charge in [0.1, 0.15) is 5.82 Å². The molecule has 0 bridgehead atoms. The lowest BCUT2D eigenvalue weighted by molar-refractivity contribution is 0.618. The van der Waals surface area contributed by atoms with Crippen LogP contribution in [-0.2, 0) is 0 Å². The Hall–Kier alpha value is -1.58. The van der Waals surface area contributed by atoms with Crippen molar-refractivity contribution in [2.45, 2.75) is 25.3 Å². The Bertz CT molecular complexity index is 766. The lowest BCUT2D eigenvalue weighted by Gasteiger charge is -2.19. The molecule has 0 spiro atoms. The fourth-order valence-electron chi connectivity index (χ4n) is 2.59. The van der Waals surface area contributed by atoms with Gasteiger partial charge in [-0.1, -0.05) is 17.7 Å². The highest BCUT2D eigenvalue weighted by Gasteiger charge is 2.21. The first-order valence-corrected chi connectivity index (χ1v) is 7.61. The summed E-state index contributed by atoms with van der Waals surface area (Å²) in [6, 6.07) is 9.81. The lowest BCUT2D eigenvalue weighted by Crippen LogP contribution is -2.11. The first-order valence-electron chi connectivity index (χ1n) is 6.80. The van der Waals surface area contributed by atoms with Gasteiger partial charge in [0.15, 0.2) is 0 Å². The van der Waals surface area contributed by atoms with E-state index in [1.165, 1.54) is 0 Å². The maximum Gasteiger partial charge on any atom is 0.128 e. The first-order chi connectivity index (χ1) is 10.1. The molecule has 108 valence electrons. The predicted molar refractivity (Wildman–Crippen MR) is 87.1 cm³/mol. The molecule has 3 nitrogen and oxygen atoms in total. The number of nitrogens with zero attached hydrogens (tertiary/aromatic N) is 3. The highest BCUT2D eigenvalue weighted by molar-refractivity contribution is 6.35. The first kappa shape index (κ1) is 14.4. The van der Waals surface area contributed by atoms with Crippen LogP contribution in [0.25, 0.3) is 11.0 Å². The van der Waals surface area contributed by atoms with E-state index in [0.717, 1.165) is 22.4 Å². The quantitative estimate of drug-likeness (QED) is 0.636. The normalized spacial score (nSPS) is 14.3. The number of rotatable bonds is 3. The largest absolute Gasteiger partial charge is 0.318 e. The molecule has 0 aliphatic rings. The summed E-state index contributed by atoms with van der Waals surface area (Å²) in [7, 11) is 0. The van der Waals surface area contributed by atoms with Gasteiger partial charge in [0.2, 0.25) is 0 Å². The standard InChI is InChI=1S/C16H15Cl2N3/c1-10(17)16-20-14-5-3-4-13(18)15(14)21(16)11(2)12-6-8-19-9-7-12/h3-11H,1-2H3. The zero-order valence-electron chi connectivity index (χ0n) is 11.8. The van der Waals surface area contributed by atoms with Crippen molar-refractivity contribution in [2.24, 2.45) is 0 Å². The maximum absolute atomic E-state index is 6.40. The second-order valence-corrected chi connectivity index (χ2v) is 6.08. The lowest BCUT2D eigenvalue weighted by atomic mass is 10.1. The van der Waals surface area contributed by atoms with Crippen molar-refractivity contribution in [3.05, 3.63) is 59.1 Å². The van der Waals surface area contributed by atoms with Crippen LogP contribution in [0.1, 0.15) is 36.7 Å². The zero-order valence-corrected chi connectivity index (χ0v) is 13.3. The molecule has 21 heavy (non-hydrogen) atoms. The van der Waals surface area contributed by atoms with Gasteiger partial charge in [-0.3, -0.25) is 4.98 Å². The van der Waals surface area contributed by atoms with E-state index in [9.17, 15) is 0 Å². The molecule has 0 aliphatic carbocycles. The molecule has 0 amide bonds. The topological polar surface area (TPSA) is 30.7 Å². The molecule has 2 unspecified atom stereocenters. The summed E-state index contributed by atoms with van der Waals surface area (Å²) in [6.45, 7) is 4.04. The van der Waals surface area contributed by atoms with Crippen molar-refractivity contribution in [1.29, 1.82) is 0 Å². The summed E-state index contributed by atoms with van der Waals surface area (Å²) in [5.74, 6) is 0.823. The number of pyridine rings is 1. The molecule has 3 rings (SSSR count). The second kappa shape index (κ2) is 5.66. The Morgan fingerprint density at radius 1 is 1.10 bits per heavy atom. The molecule has 3 aromatic rings. The van der Waals surface area contributed by atoms with Crippen LogP contribution in [0.4, 0.5) is 0 Å². The van der Waals surface area contributed by atoms with Crippen LogP contribution in [0.2, 0.25) is 5.02 Å². The second-order valence-electron chi connectivity index (χ2n) is 5.02. The fourth-order valence-corrected chi connectivity index (χ4v) is 3.00. The average molecular weight is 320 g/mol. The smallest absolute Gasteiger partial charge is 0.128 e. The van der Waals surface area contributed by atoms with Gasteiger partial charge in [0.05, 0.1) is 27.5 Å². The minimum atomic E-state index is -0.197. The highest BCUT2D eigenvalue weighted by atomic mass is 35.5. The third kappa shape index (κ3) is 2.52. The van der Waals surface area contributed by atoms with E-state index < -0.39 is 0 Å². The minimum absolute atomic E-state index is 0.0779. The van der Waals surface area contributed by atoms with E-state index in [-0.39, 0.29) is 11.4 Å². The van der Waals surface area contributed by atoms with E-state index in [1.54, 1.807) is 12.4 Å². The number of para-hydroxylation sites is 1. The van der Waals surface area contributed by atoms with Crippen molar-refractivity contribution in [1.82, 2.24) is 14.5 Å². The van der Waals surface area contributed by atoms with Crippen molar-refractivity contribution < 1.29 is 0 Å². The summed E-state index contributed by atoms with van der Waals surface area (Å²) in [6.07, 6.45) is 3.58. The van der Waals surface area contributed by atoms with Crippen LogP contribution in [0.15, 0.2) is 42.7 Å². The van der Waals surface area contributed by atoms with Gasteiger partial charge in [0.25, 0.3) is 0 Å². The van der Waals surface area contributed by atoms with Crippen molar-refractivity contribution in [3.8, 4) is 0 Å². The molecule has 0 saturated carbocycles. The number of halogens is 2. The van der Waals surface area contributed by atoms with Crippen molar-refractivity contribution >= 4 is 34.2 Å². The number of fused-ring (bicyclic) bond motifs is 1. The van der Waals surface area contributed by atoms with Crippen LogP contribution in [0.5, 0.6) is 0 Å². The Kier molecular flexibility index (Phi) is 3.87. The van der Waals surface area contributed by atoms with Crippen LogP contribution >= 0.6 is 23.2 Å². The summed E-state index contributed by atoms with van der Waals surface area (Å²) in [5.41, 5.74) is 2.93. The van der Waals surface area contributed by atoms with Crippen LogP contribution < -0.4 is 0 Å². The zero-order chi connectivity index (χ0) is 15.0. The molecule has 2 aromatic heterocycles. The van der Waals surface area contributed by atoms with Gasteiger partial charge in [-0.25, -0.2) is 4.98 Å². The summed E-state index contributed by atoms with van der Waals surface area (Å²) >= 11 is 12.7. The molecule has 5 heteroatoms. The molecule has 0 N–H and O–H groups in total. The van der Waals surface area contributed by atoms with E-state index in [2.05, 4.69) is 21.5 Å². The number of hydrogen-bond acceptors (Lipinski definition) is 2. The summed E-state index contributed by atoms with van der Waals surface area (Å²) in [5, 5.41) is 0.488. The van der Waals surface area contributed by atoms with E-state index in [0.29, 0.717) is 5.02 Å². The SMILES string of the molecule is CC(Cl)c1nc2cccc(Cl)c2n1C(C)c1ccncc1. The Morgan fingerprint density at radius 2 is 1.81 bits per heavy atom. The Labute approximate surface area is 133 Å². The van der Waals surface area contributed by atoms with Gasteiger partial charge >= 0.3 is 0 Å². The maximum atomic E-state index is 6.40. The van der Waals surface area contributed by atoms with E-state index >= 15 is 0 Å². The number of aromatic nitrogens is 3. The number of hydrogen-bond donors (Lipinski definition) is 0. The fraction of sp³-hybridized carbons (Fsp3) is 0.250. The summed E-state index contributed by atoms with van der Waals surface area (Å²) in [4.78, 5) is 8.72. The number of benzene rings is 1. The highest BCUT2D eigenvalue weighted by Crippen LogP contribution is 2.34. The monoisotopic (exact) mass is 319 g/mol. The predicted octanol–water partition coefficient (Wildman–Crippen LogP) is 4.99. The van der Waals surface area contributed by atoms with E-state index in [1.807, 2.05) is 37.3 Å². The molecule has 2 heterocycles. The average Bonchev–Trinajstić information content (AvgIpc) is 2.88. The van der Waals surface area contributed by atoms with Gasteiger partial charge in [-0.15, -0.1) is 11.6 Å². The molecule has 0 radical (unpaired) electrons. The van der Waals surface area contributed by atoms with Crippen molar-refractivity contribution in [3.63, 3.8) is 0 Å². The number of alkyl halides is 1. The third-order valence-corrected chi connectivity index (χ3v) is 4.12. The Morgan fingerprint density at radius 3 is 2.48 bits per heavy atom. The molecule has 2 atom stereocenters. The summed E-state index contributed by atoms with van der Waals surface area (Å²) < 4.78 is 2.12. The molecular weight excluding hydrogens is 305 g/mol. The van der Waals surface area contributed by atoms with Crippen LogP contribution in [0, 0.1) is 0 Å². The van der Waals surface area contributed by atoms with E-state index in [4.69, 9.17) is 23.2 Å². The third-order valence-electron chi connectivity index (χ3n) is 3.62. The Balaban J connectivity index is 2.27. The molecule has 0 saturated heterocycles.